The van der Waals surface area contributed by atoms with Gasteiger partial charge < -0.3 is 16.2 Å². The van der Waals surface area contributed by atoms with Gasteiger partial charge in [0.25, 0.3) is 0 Å². The number of benzene rings is 2. The number of nitrogens with zero attached hydrogens (tertiary/aromatic N) is 5. The number of carbonyl (C=O) groups is 2. The summed E-state index contributed by atoms with van der Waals surface area (Å²) in [6.07, 6.45) is 1.32. The minimum absolute atomic E-state index is 0.00384. The van der Waals surface area contributed by atoms with Crippen LogP contribution < -0.4 is 11.1 Å². The number of anilines is 2. The van der Waals surface area contributed by atoms with E-state index in [2.05, 4.69) is 25.4 Å². The van der Waals surface area contributed by atoms with Crippen molar-refractivity contribution in [1.29, 1.82) is 0 Å². The van der Waals surface area contributed by atoms with E-state index in [4.69, 9.17) is 17.3 Å². The maximum absolute atomic E-state index is 14.4. The zero-order chi connectivity index (χ0) is 27.5. The molecule has 4 heterocycles. The molecule has 1 atom stereocenters. The van der Waals surface area contributed by atoms with Gasteiger partial charge in [-0.2, -0.15) is 5.10 Å². The lowest BCUT2D eigenvalue weighted by molar-refractivity contribution is -0.119. The van der Waals surface area contributed by atoms with Crippen molar-refractivity contribution in [3.8, 4) is 11.5 Å². The van der Waals surface area contributed by atoms with Gasteiger partial charge in [-0.15, -0.1) is 0 Å². The molecule has 39 heavy (non-hydrogen) atoms. The van der Waals surface area contributed by atoms with Gasteiger partial charge in [-0.05, 0) is 43.3 Å². The van der Waals surface area contributed by atoms with Crippen molar-refractivity contribution >= 4 is 46.0 Å². The summed E-state index contributed by atoms with van der Waals surface area (Å²) in [7, 11) is 0. The van der Waals surface area contributed by atoms with Gasteiger partial charge in [-0.25, -0.2) is 19.2 Å². The largest absolute Gasteiger partial charge is 0.478 e. The molecule has 0 spiro atoms. The smallest absolute Gasteiger partial charge is 0.335 e. The van der Waals surface area contributed by atoms with Crippen LogP contribution in [0.15, 0.2) is 60.8 Å². The summed E-state index contributed by atoms with van der Waals surface area (Å²) in [5, 5.41) is 17.9. The number of hydrogen-bond donors (Lipinski definition) is 3. The number of nitrogens with two attached hydrogens (primary N) is 1. The third-order valence-corrected chi connectivity index (χ3v) is 7.08. The van der Waals surface area contributed by atoms with Crippen LogP contribution in [-0.4, -0.2) is 41.7 Å². The first-order chi connectivity index (χ1) is 18.7. The van der Waals surface area contributed by atoms with Gasteiger partial charge in [0.1, 0.15) is 28.6 Å². The Morgan fingerprint density at radius 1 is 1.18 bits per heavy atom. The van der Waals surface area contributed by atoms with Gasteiger partial charge in [0.05, 0.1) is 28.9 Å². The van der Waals surface area contributed by atoms with Crippen molar-refractivity contribution in [2.45, 2.75) is 18.9 Å². The van der Waals surface area contributed by atoms with Gasteiger partial charge in [-0.1, -0.05) is 29.8 Å². The fourth-order valence-electron chi connectivity index (χ4n) is 4.82. The molecule has 194 valence electrons. The lowest BCUT2D eigenvalue weighted by Gasteiger charge is -2.22. The number of aromatic nitrogens is 5. The average molecular weight is 544 g/mol. The zero-order valence-electron chi connectivity index (χ0n) is 20.3. The van der Waals surface area contributed by atoms with Crippen LogP contribution in [0.4, 0.5) is 16.0 Å². The van der Waals surface area contributed by atoms with E-state index in [0.29, 0.717) is 27.2 Å². The zero-order valence-corrected chi connectivity index (χ0v) is 21.1. The van der Waals surface area contributed by atoms with E-state index in [1.54, 1.807) is 48.0 Å². The Morgan fingerprint density at radius 2 is 1.97 bits per heavy atom. The fraction of sp³-hybridized carbons (Fsp3) is 0.111. The minimum atomic E-state index is -1.43. The number of carboxylic acids is 1. The molecular weight excluding hydrogens is 525 g/mol. The monoisotopic (exact) mass is 543 g/mol. The predicted molar refractivity (Wildman–Crippen MR) is 142 cm³/mol. The number of hydrogen-bond acceptors (Lipinski definition) is 7. The van der Waals surface area contributed by atoms with E-state index in [1.165, 1.54) is 24.4 Å². The Hall–Kier alpha value is -4.90. The van der Waals surface area contributed by atoms with Crippen molar-refractivity contribution in [3.63, 3.8) is 0 Å². The van der Waals surface area contributed by atoms with E-state index in [1.807, 2.05) is 0 Å². The van der Waals surface area contributed by atoms with E-state index in [-0.39, 0.29) is 46.6 Å². The number of pyridine rings is 1. The summed E-state index contributed by atoms with van der Waals surface area (Å²) in [4.78, 5) is 38.1. The van der Waals surface area contributed by atoms with Crippen molar-refractivity contribution in [2.75, 3.05) is 11.1 Å². The van der Waals surface area contributed by atoms with E-state index in [0.717, 1.165) is 0 Å². The Labute approximate surface area is 225 Å². The summed E-state index contributed by atoms with van der Waals surface area (Å²) in [6, 6.07) is 14.2. The second kappa shape index (κ2) is 8.84. The minimum Gasteiger partial charge on any atom is -0.478 e. The number of carbonyl (C=O) groups excluding carboxylic acids is 1. The maximum Gasteiger partial charge on any atom is 0.335 e. The first-order valence-electron chi connectivity index (χ1n) is 11.8. The summed E-state index contributed by atoms with van der Waals surface area (Å²) < 4.78 is 16.0. The SMILES string of the molecule is CC1(c2cc(C(=O)O)ccn2)C(=O)Nc2nc(-c3nn(Cc4ccccc4F)c4cc(Cl)ccc34)nc(N)c21. The van der Waals surface area contributed by atoms with Crippen LogP contribution in [0, 0.1) is 5.82 Å². The quantitative estimate of drug-likeness (QED) is 0.297. The number of amides is 1. The van der Waals surface area contributed by atoms with Crippen LogP contribution in [0.25, 0.3) is 22.4 Å². The number of aromatic carboxylic acids is 1. The molecule has 2 aromatic carbocycles. The number of nitrogen functional groups attached to an aromatic ring is 1. The molecule has 1 amide bonds. The van der Waals surface area contributed by atoms with Crippen LogP contribution in [0.1, 0.15) is 34.1 Å². The summed E-state index contributed by atoms with van der Waals surface area (Å²) >= 11 is 6.26. The van der Waals surface area contributed by atoms with E-state index >= 15 is 0 Å². The molecule has 10 nitrogen and oxygen atoms in total. The van der Waals surface area contributed by atoms with Crippen LogP contribution >= 0.6 is 11.6 Å². The highest BCUT2D eigenvalue weighted by atomic mass is 35.5. The molecule has 12 heteroatoms. The number of nitrogens with one attached hydrogen (secondary N) is 1. The molecule has 0 saturated heterocycles. The third-order valence-electron chi connectivity index (χ3n) is 6.85. The second-order valence-electron chi connectivity index (χ2n) is 9.23. The van der Waals surface area contributed by atoms with Gasteiger partial charge in [0.2, 0.25) is 5.91 Å². The lowest BCUT2D eigenvalue weighted by Crippen LogP contribution is -2.34. The Bertz CT molecular complexity index is 1840. The van der Waals surface area contributed by atoms with Crippen LogP contribution in [0.3, 0.4) is 0 Å². The molecule has 0 saturated carbocycles. The summed E-state index contributed by atoms with van der Waals surface area (Å²) in [5.41, 5.74) is 6.86. The summed E-state index contributed by atoms with van der Waals surface area (Å²) in [5.74, 6) is -1.69. The molecule has 4 N–H and O–H groups in total. The molecule has 0 aliphatic carbocycles. The molecule has 0 radical (unpaired) electrons. The Morgan fingerprint density at radius 3 is 2.74 bits per heavy atom. The number of carboxylic acid groups (broad SMARTS) is 1. The topological polar surface area (TPSA) is 149 Å². The molecule has 6 rings (SSSR count). The number of fused-ring (bicyclic) bond motifs is 2. The standard InChI is InChI=1S/C27H19ClFN7O3/c1-27(19-10-13(25(37)38)8-9-31-19)20-22(30)32-24(33-23(20)34-26(27)39)21-16-7-6-15(28)11-18(16)36(35-21)12-14-4-2-3-5-17(14)29/h2-11H,12H2,1H3,(H,37,38)(H3,30,32,33,34,39). The fourth-order valence-corrected chi connectivity index (χ4v) is 4.98. The molecule has 0 fully saturated rings. The highest BCUT2D eigenvalue weighted by Gasteiger charge is 2.49. The molecule has 1 aliphatic rings. The van der Waals surface area contributed by atoms with Crippen molar-refractivity contribution in [3.05, 3.63) is 94.0 Å². The van der Waals surface area contributed by atoms with Gasteiger partial charge in [0.15, 0.2) is 5.82 Å². The second-order valence-corrected chi connectivity index (χ2v) is 9.67. The molecular formula is C27H19ClFN7O3. The number of rotatable bonds is 5. The normalized spacial score (nSPS) is 16.3. The predicted octanol–water partition coefficient (Wildman–Crippen LogP) is 4.27. The van der Waals surface area contributed by atoms with Gasteiger partial charge in [-0.3, -0.25) is 14.5 Å². The van der Waals surface area contributed by atoms with Crippen LogP contribution in [-0.2, 0) is 16.8 Å². The number of halogens is 2. The van der Waals surface area contributed by atoms with Crippen LogP contribution in [0.5, 0.6) is 0 Å². The Kier molecular flexibility index (Phi) is 5.54. The van der Waals surface area contributed by atoms with Gasteiger partial charge >= 0.3 is 5.97 Å². The van der Waals surface area contributed by atoms with Crippen molar-refractivity contribution in [1.82, 2.24) is 24.7 Å². The third kappa shape index (κ3) is 3.86. The van der Waals surface area contributed by atoms with Crippen LogP contribution in [0.2, 0.25) is 5.02 Å². The highest BCUT2D eigenvalue weighted by molar-refractivity contribution is 6.31. The van der Waals surface area contributed by atoms with Crippen molar-refractivity contribution < 1.29 is 19.1 Å². The Balaban J connectivity index is 1.49. The highest BCUT2D eigenvalue weighted by Crippen LogP contribution is 2.44. The maximum atomic E-state index is 14.4. The van der Waals surface area contributed by atoms with Gasteiger partial charge in [0, 0.05) is 22.2 Å². The molecule has 3 aromatic heterocycles. The van der Waals surface area contributed by atoms with E-state index in [9.17, 15) is 19.1 Å². The average Bonchev–Trinajstić information content (AvgIpc) is 3.39. The summed E-state index contributed by atoms with van der Waals surface area (Å²) in [6.45, 7) is 1.71. The van der Waals surface area contributed by atoms with Crippen molar-refractivity contribution in [2.24, 2.45) is 0 Å². The first kappa shape index (κ1) is 24.4. The molecule has 5 aromatic rings. The molecule has 1 aliphatic heterocycles. The molecule has 0 bridgehead atoms. The first-order valence-corrected chi connectivity index (χ1v) is 12.1. The van der Waals surface area contributed by atoms with E-state index < -0.39 is 17.3 Å². The molecule has 1 unspecified atom stereocenters. The lowest BCUT2D eigenvalue weighted by atomic mass is 9.80.